The lowest BCUT2D eigenvalue weighted by molar-refractivity contribution is 0.306. The number of unbranched alkanes of at least 4 members (excludes halogenated alkanes) is 2. The normalized spacial score (nSPS) is 10.1. The molecule has 0 saturated heterocycles. The molecule has 0 fully saturated rings. The van der Waals surface area contributed by atoms with Gasteiger partial charge in [0.25, 0.3) is 0 Å². The van der Waals surface area contributed by atoms with E-state index in [9.17, 15) is 0 Å². The van der Waals surface area contributed by atoms with Crippen molar-refractivity contribution in [3.63, 3.8) is 0 Å². The van der Waals surface area contributed by atoms with E-state index in [-0.39, 0.29) is 0 Å². The Labute approximate surface area is 87.1 Å². The molecule has 77 valence electrons. The Hall–Kier alpha value is -0.980. The van der Waals surface area contributed by atoms with Crippen LogP contribution in [0.1, 0.15) is 38.7 Å². The van der Waals surface area contributed by atoms with Gasteiger partial charge in [-0.3, -0.25) is 0 Å². The Morgan fingerprint density at radius 3 is 2.43 bits per heavy atom. The van der Waals surface area contributed by atoms with Crippen molar-refractivity contribution in [2.75, 3.05) is 6.61 Å². The van der Waals surface area contributed by atoms with Crippen LogP contribution >= 0.6 is 0 Å². The van der Waals surface area contributed by atoms with E-state index < -0.39 is 0 Å². The smallest absolute Gasteiger partial charge is 0.119 e. The molecule has 1 rings (SSSR count). The van der Waals surface area contributed by atoms with Gasteiger partial charge in [-0.1, -0.05) is 38.8 Å². The third kappa shape index (κ3) is 3.82. The molecule has 0 spiro atoms. The summed E-state index contributed by atoms with van der Waals surface area (Å²) in [4.78, 5) is 0. The maximum absolute atomic E-state index is 5.59. The monoisotopic (exact) mass is 191 g/mol. The SMILES string of the molecule is C[CH]c1ccc(OCCCCC)cc1. The summed E-state index contributed by atoms with van der Waals surface area (Å²) >= 11 is 0. The predicted octanol–water partition coefficient (Wildman–Crippen LogP) is 3.83. The maximum atomic E-state index is 5.59. The van der Waals surface area contributed by atoms with E-state index >= 15 is 0 Å². The summed E-state index contributed by atoms with van der Waals surface area (Å²) in [6.07, 6.45) is 5.73. The predicted molar refractivity (Wildman–Crippen MR) is 60.5 cm³/mol. The highest BCUT2D eigenvalue weighted by Gasteiger charge is 1.93. The van der Waals surface area contributed by atoms with Crippen LogP contribution in [-0.2, 0) is 0 Å². The Morgan fingerprint density at radius 1 is 1.14 bits per heavy atom. The highest BCUT2D eigenvalue weighted by Crippen LogP contribution is 2.13. The van der Waals surface area contributed by atoms with Crippen molar-refractivity contribution in [3.8, 4) is 5.75 Å². The van der Waals surface area contributed by atoms with Gasteiger partial charge in [0.2, 0.25) is 0 Å². The average molecular weight is 191 g/mol. The molecule has 14 heavy (non-hydrogen) atoms. The first kappa shape index (κ1) is 11.1. The molecule has 1 nitrogen and oxygen atoms in total. The summed E-state index contributed by atoms with van der Waals surface area (Å²) in [5, 5.41) is 0. The standard InChI is InChI=1S/C13H19O/c1-3-5-6-11-14-13-9-7-12(4-2)8-10-13/h4,7-10H,3,5-6,11H2,1-2H3. The molecule has 0 aliphatic heterocycles. The van der Waals surface area contributed by atoms with E-state index in [0.29, 0.717) is 0 Å². The minimum atomic E-state index is 0.836. The Kier molecular flexibility index (Phi) is 5.13. The summed E-state index contributed by atoms with van der Waals surface area (Å²) in [5.74, 6) is 0.978. The fourth-order valence-electron chi connectivity index (χ4n) is 1.30. The van der Waals surface area contributed by atoms with Gasteiger partial charge < -0.3 is 4.74 Å². The first-order chi connectivity index (χ1) is 6.86. The van der Waals surface area contributed by atoms with Gasteiger partial charge in [-0.25, -0.2) is 0 Å². The van der Waals surface area contributed by atoms with Crippen LogP contribution in [0.4, 0.5) is 0 Å². The van der Waals surface area contributed by atoms with Crippen LogP contribution in [0.2, 0.25) is 0 Å². The molecule has 1 aromatic carbocycles. The first-order valence-electron chi connectivity index (χ1n) is 5.39. The van der Waals surface area contributed by atoms with Gasteiger partial charge in [0, 0.05) is 0 Å². The molecule has 0 heterocycles. The van der Waals surface area contributed by atoms with E-state index in [0.717, 1.165) is 18.8 Å². The van der Waals surface area contributed by atoms with Gasteiger partial charge in [-0.05, 0) is 30.5 Å². The van der Waals surface area contributed by atoms with Crippen molar-refractivity contribution >= 4 is 0 Å². The molecule has 0 aliphatic rings. The molecular formula is C13H19O. The number of hydrogen-bond donors (Lipinski definition) is 0. The van der Waals surface area contributed by atoms with Crippen molar-refractivity contribution in [2.24, 2.45) is 0 Å². The molecule has 0 bridgehead atoms. The molecular weight excluding hydrogens is 172 g/mol. The third-order valence-corrected chi connectivity index (χ3v) is 2.23. The number of hydrogen-bond acceptors (Lipinski definition) is 1. The molecule has 0 N–H and O–H groups in total. The molecule has 0 amide bonds. The van der Waals surface area contributed by atoms with E-state index in [1.807, 2.05) is 19.1 Å². The minimum Gasteiger partial charge on any atom is -0.494 e. The Bertz CT molecular complexity index is 238. The van der Waals surface area contributed by atoms with Gasteiger partial charge in [0.05, 0.1) is 6.61 Å². The van der Waals surface area contributed by atoms with Gasteiger partial charge in [-0.2, -0.15) is 0 Å². The maximum Gasteiger partial charge on any atom is 0.119 e. The topological polar surface area (TPSA) is 9.23 Å². The van der Waals surface area contributed by atoms with E-state index in [1.54, 1.807) is 0 Å². The van der Waals surface area contributed by atoms with E-state index in [2.05, 4.69) is 25.5 Å². The summed E-state index contributed by atoms with van der Waals surface area (Å²) in [5.41, 5.74) is 1.24. The van der Waals surface area contributed by atoms with Crippen molar-refractivity contribution in [1.82, 2.24) is 0 Å². The van der Waals surface area contributed by atoms with Crippen LogP contribution in [0.3, 0.4) is 0 Å². The average Bonchev–Trinajstić information content (AvgIpc) is 2.25. The van der Waals surface area contributed by atoms with Gasteiger partial charge in [-0.15, -0.1) is 0 Å². The zero-order chi connectivity index (χ0) is 10.2. The first-order valence-corrected chi connectivity index (χ1v) is 5.39. The zero-order valence-electron chi connectivity index (χ0n) is 9.12. The van der Waals surface area contributed by atoms with Crippen molar-refractivity contribution in [2.45, 2.75) is 33.1 Å². The van der Waals surface area contributed by atoms with Crippen LogP contribution in [0, 0.1) is 6.42 Å². The lowest BCUT2D eigenvalue weighted by Crippen LogP contribution is -1.96. The molecule has 1 aromatic rings. The van der Waals surface area contributed by atoms with Gasteiger partial charge >= 0.3 is 0 Å². The zero-order valence-corrected chi connectivity index (χ0v) is 9.12. The largest absolute Gasteiger partial charge is 0.494 e. The lowest BCUT2D eigenvalue weighted by atomic mass is 10.2. The van der Waals surface area contributed by atoms with Crippen molar-refractivity contribution in [3.05, 3.63) is 36.2 Å². The Morgan fingerprint density at radius 2 is 1.86 bits per heavy atom. The Balaban J connectivity index is 2.29. The fourth-order valence-corrected chi connectivity index (χ4v) is 1.30. The summed E-state index contributed by atoms with van der Waals surface area (Å²) in [7, 11) is 0. The molecule has 0 aliphatic carbocycles. The summed E-state index contributed by atoms with van der Waals surface area (Å²) in [6.45, 7) is 5.08. The van der Waals surface area contributed by atoms with Crippen LogP contribution in [-0.4, -0.2) is 6.61 Å². The molecule has 0 atom stereocenters. The number of ether oxygens (including phenoxy) is 1. The fraction of sp³-hybridized carbons (Fsp3) is 0.462. The second-order valence-electron chi connectivity index (χ2n) is 3.41. The molecule has 1 radical (unpaired) electrons. The third-order valence-electron chi connectivity index (χ3n) is 2.23. The van der Waals surface area contributed by atoms with E-state index in [4.69, 9.17) is 4.74 Å². The molecule has 0 saturated carbocycles. The molecule has 1 heteroatoms. The van der Waals surface area contributed by atoms with Crippen LogP contribution in [0.5, 0.6) is 5.75 Å². The van der Waals surface area contributed by atoms with E-state index in [1.165, 1.54) is 18.4 Å². The van der Waals surface area contributed by atoms with Gasteiger partial charge in [0.1, 0.15) is 5.75 Å². The van der Waals surface area contributed by atoms with Crippen LogP contribution in [0.25, 0.3) is 0 Å². The van der Waals surface area contributed by atoms with Crippen molar-refractivity contribution in [1.29, 1.82) is 0 Å². The minimum absolute atomic E-state index is 0.836. The van der Waals surface area contributed by atoms with Crippen LogP contribution < -0.4 is 4.74 Å². The van der Waals surface area contributed by atoms with Gasteiger partial charge in [0.15, 0.2) is 0 Å². The second-order valence-corrected chi connectivity index (χ2v) is 3.41. The lowest BCUT2D eigenvalue weighted by Gasteiger charge is -2.05. The van der Waals surface area contributed by atoms with Crippen LogP contribution in [0.15, 0.2) is 24.3 Å². The number of rotatable bonds is 6. The summed E-state index contributed by atoms with van der Waals surface area (Å²) in [6, 6.07) is 8.22. The molecule has 0 aromatic heterocycles. The van der Waals surface area contributed by atoms with Crippen molar-refractivity contribution < 1.29 is 4.74 Å². The molecule has 0 unspecified atom stereocenters. The highest BCUT2D eigenvalue weighted by atomic mass is 16.5. The second kappa shape index (κ2) is 6.47. The number of benzene rings is 1. The highest BCUT2D eigenvalue weighted by molar-refractivity contribution is 5.30. The summed E-state index contributed by atoms with van der Waals surface area (Å²) < 4.78 is 5.59. The quantitative estimate of drug-likeness (QED) is 0.621.